The summed E-state index contributed by atoms with van der Waals surface area (Å²) in [6, 6.07) is 10.1. The first-order chi connectivity index (χ1) is 8.26. The predicted molar refractivity (Wildman–Crippen MR) is 67.3 cm³/mol. The van der Waals surface area contributed by atoms with Crippen LogP contribution < -0.4 is 4.57 Å². The van der Waals surface area contributed by atoms with E-state index in [0.717, 1.165) is 16.2 Å². The van der Waals surface area contributed by atoms with Crippen LogP contribution >= 0.6 is 11.8 Å². The van der Waals surface area contributed by atoms with E-state index in [-0.39, 0.29) is 0 Å². The minimum absolute atomic E-state index is 0.486. The Morgan fingerprint density at radius 2 is 2.24 bits per heavy atom. The molecule has 0 aliphatic rings. The Kier molecular flexibility index (Phi) is 3.40. The van der Waals surface area contributed by atoms with E-state index in [0.29, 0.717) is 5.69 Å². The molecule has 0 bridgehead atoms. The summed E-state index contributed by atoms with van der Waals surface area (Å²) >= 11 is 1.54. The van der Waals surface area contributed by atoms with Gasteiger partial charge >= 0.3 is 0 Å². The van der Waals surface area contributed by atoms with Gasteiger partial charge < -0.3 is 0 Å². The average Bonchev–Trinajstić information content (AvgIpc) is 2.38. The van der Waals surface area contributed by atoms with Crippen molar-refractivity contribution in [3.63, 3.8) is 0 Å². The van der Waals surface area contributed by atoms with Crippen molar-refractivity contribution in [1.29, 1.82) is 5.26 Å². The molecular weight excluding hydrogens is 230 g/mol. The van der Waals surface area contributed by atoms with Gasteiger partial charge in [-0.2, -0.15) is 5.26 Å². The molecule has 2 aromatic heterocycles. The summed E-state index contributed by atoms with van der Waals surface area (Å²) in [5, 5.41) is 8.93. The molecule has 2 rings (SSSR count). The lowest BCUT2D eigenvalue weighted by Crippen LogP contribution is -2.29. The summed E-state index contributed by atoms with van der Waals surface area (Å²) in [6.45, 7) is 0. The third-order valence-corrected chi connectivity index (χ3v) is 3.28. The van der Waals surface area contributed by atoms with Crippen LogP contribution in [0.25, 0.3) is 11.3 Å². The normalized spacial score (nSPS) is 9.94. The highest BCUT2D eigenvalue weighted by Crippen LogP contribution is 2.23. The fourth-order valence-electron chi connectivity index (χ4n) is 1.65. The highest BCUT2D eigenvalue weighted by Gasteiger charge is 2.11. The number of thioether (sulfide) groups is 1. The molecule has 0 atom stereocenters. The van der Waals surface area contributed by atoms with Crippen LogP contribution in [0.3, 0.4) is 0 Å². The van der Waals surface area contributed by atoms with Crippen LogP contribution in [0.5, 0.6) is 0 Å². The first kappa shape index (κ1) is 11.6. The van der Waals surface area contributed by atoms with Gasteiger partial charge in [-0.15, -0.1) is 11.8 Å². The molecule has 0 radical (unpaired) electrons. The zero-order chi connectivity index (χ0) is 12.3. The molecule has 0 aromatic carbocycles. The maximum atomic E-state index is 8.93. The number of hydrogen-bond donors (Lipinski definition) is 0. The summed E-state index contributed by atoms with van der Waals surface area (Å²) in [6.07, 6.45) is 5.69. The van der Waals surface area contributed by atoms with Crippen molar-refractivity contribution >= 4 is 11.8 Å². The van der Waals surface area contributed by atoms with Crippen molar-refractivity contribution in [3.8, 4) is 17.3 Å². The fourth-order valence-corrected chi connectivity index (χ4v) is 2.18. The average molecular weight is 242 g/mol. The molecular formula is C13H12N3S+. The summed E-state index contributed by atoms with van der Waals surface area (Å²) in [7, 11) is 1.99. The van der Waals surface area contributed by atoms with Gasteiger partial charge in [0.05, 0.1) is 5.56 Å². The number of hydrogen-bond acceptors (Lipinski definition) is 3. The van der Waals surface area contributed by atoms with Gasteiger partial charge in [-0.1, -0.05) is 0 Å². The van der Waals surface area contributed by atoms with Crippen molar-refractivity contribution < 1.29 is 4.57 Å². The first-order valence-electron chi connectivity index (χ1n) is 5.15. The molecule has 0 fully saturated rings. The lowest BCUT2D eigenvalue weighted by atomic mass is 10.1. The third-order valence-electron chi connectivity index (χ3n) is 2.53. The van der Waals surface area contributed by atoms with Crippen LogP contribution in [0.4, 0.5) is 0 Å². The standard InChI is InChI=1S/C13H12N3S/c1-16-6-4-3-5-12(16)10-7-13(17-2)11(8-14)15-9-10/h3-7,9H,1-2H3/q+1. The van der Waals surface area contributed by atoms with Crippen LogP contribution in [0.2, 0.25) is 0 Å². The molecule has 0 saturated heterocycles. The molecule has 0 spiro atoms. The second-order valence-corrected chi connectivity index (χ2v) is 4.43. The van der Waals surface area contributed by atoms with Gasteiger partial charge in [0.2, 0.25) is 5.69 Å². The molecule has 2 heterocycles. The van der Waals surface area contributed by atoms with Crippen molar-refractivity contribution in [1.82, 2.24) is 4.98 Å². The molecule has 0 unspecified atom stereocenters. The van der Waals surface area contributed by atoms with Gasteiger partial charge in [-0.05, 0) is 18.4 Å². The molecule has 3 nitrogen and oxygen atoms in total. The largest absolute Gasteiger partial charge is 0.243 e. The third kappa shape index (κ3) is 2.29. The Balaban J connectivity index is 2.55. The van der Waals surface area contributed by atoms with E-state index in [2.05, 4.69) is 11.1 Å². The van der Waals surface area contributed by atoms with E-state index >= 15 is 0 Å². The van der Waals surface area contributed by atoms with Crippen LogP contribution in [0.15, 0.2) is 41.6 Å². The summed E-state index contributed by atoms with van der Waals surface area (Å²) in [5.41, 5.74) is 2.59. The highest BCUT2D eigenvalue weighted by atomic mass is 32.2. The van der Waals surface area contributed by atoms with Crippen LogP contribution in [-0.2, 0) is 7.05 Å². The van der Waals surface area contributed by atoms with E-state index < -0.39 is 0 Å². The Hall–Kier alpha value is -1.86. The monoisotopic (exact) mass is 242 g/mol. The van der Waals surface area contributed by atoms with E-state index in [1.54, 1.807) is 18.0 Å². The molecule has 0 aliphatic carbocycles. The molecule has 0 aliphatic heterocycles. The lowest BCUT2D eigenvalue weighted by Gasteiger charge is -2.03. The zero-order valence-corrected chi connectivity index (χ0v) is 10.5. The molecule has 0 N–H and O–H groups in total. The smallest absolute Gasteiger partial charge is 0.213 e. The van der Waals surface area contributed by atoms with Crippen LogP contribution in [0, 0.1) is 11.3 Å². The quantitative estimate of drug-likeness (QED) is 0.598. The van der Waals surface area contributed by atoms with Crippen molar-refractivity contribution in [2.24, 2.45) is 7.05 Å². The van der Waals surface area contributed by atoms with Gasteiger partial charge in [0.25, 0.3) is 0 Å². The molecule has 2 aromatic rings. The first-order valence-corrected chi connectivity index (χ1v) is 6.38. The Bertz CT molecular complexity index is 587. The van der Waals surface area contributed by atoms with E-state index in [4.69, 9.17) is 5.26 Å². The molecule has 0 amide bonds. The van der Waals surface area contributed by atoms with E-state index in [1.165, 1.54) is 0 Å². The number of nitrogens with zero attached hydrogens (tertiary/aromatic N) is 3. The van der Waals surface area contributed by atoms with E-state index in [9.17, 15) is 0 Å². The number of rotatable bonds is 2. The number of aryl methyl sites for hydroxylation is 1. The molecule has 84 valence electrons. The number of nitriles is 1. The van der Waals surface area contributed by atoms with Gasteiger partial charge in [0.1, 0.15) is 13.1 Å². The van der Waals surface area contributed by atoms with Crippen molar-refractivity contribution in [2.45, 2.75) is 4.90 Å². The SMILES string of the molecule is CSc1cc(-c2cccc[n+]2C)cnc1C#N. The van der Waals surface area contributed by atoms with Gasteiger partial charge in [0.15, 0.2) is 11.9 Å². The number of aromatic nitrogens is 2. The summed E-state index contributed by atoms with van der Waals surface area (Å²) < 4.78 is 2.03. The fraction of sp³-hybridized carbons (Fsp3) is 0.154. The summed E-state index contributed by atoms with van der Waals surface area (Å²) in [5.74, 6) is 0. The molecule has 4 heteroatoms. The molecule has 0 saturated carbocycles. The minimum atomic E-state index is 0.486. The van der Waals surface area contributed by atoms with Crippen LogP contribution in [-0.4, -0.2) is 11.2 Å². The highest BCUT2D eigenvalue weighted by molar-refractivity contribution is 7.98. The Labute approximate surface area is 105 Å². The minimum Gasteiger partial charge on any atom is -0.243 e. The van der Waals surface area contributed by atoms with Gasteiger partial charge in [-0.3, -0.25) is 0 Å². The maximum absolute atomic E-state index is 8.93. The van der Waals surface area contributed by atoms with Gasteiger partial charge in [0, 0.05) is 23.2 Å². The van der Waals surface area contributed by atoms with Crippen LogP contribution in [0.1, 0.15) is 5.69 Å². The predicted octanol–water partition coefficient (Wildman–Crippen LogP) is 2.17. The maximum Gasteiger partial charge on any atom is 0.213 e. The second kappa shape index (κ2) is 4.98. The zero-order valence-electron chi connectivity index (χ0n) is 9.71. The van der Waals surface area contributed by atoms with E-state index in [1.807, 2.05) is 48.3 Å². The molecule has 17 heavy (non-hydrogen) atoms. The summed E-state index contributed by atoms with van der Waals surface area (Å²) in [4.78, 5) is 5.10. The Morgan fingerprint density at radius 3 is 2.88 bits per heavy atom. The number of pyridine rings is 2. The lowest BCUT2D eigenvalue weighted by molar-refractivity contribution is -0.660. The second-order valence-electron chi connectivity index (χ2n) is 3.58. The van der Waals surface area contributed by atoms with Crippen molar-refractivity contribution in [3.05, 3.63) is 42.4 Å². The van der Waals surface area contributed by atoms with Crippen molar-refractivity contribution in [2.75, 3.05) is 6.26 Å². The Morgan fingerprint density at radius 1 is 1.41 bits per heavy atom. The van der Waals surface area contributed by atoms with Gasteiger partial charge in [-0.25, -0.2) is 9.55 Å². The topological polar surface area (TPSA) is 40.6 Å².